The topological polar surface area (TPSA) is 64.6 Å². The van der Waals surface area contributed by atoms with E-state index in [1.165, 1.54) is 19.3 Å². The van der Waals surface area contributed by atoms with Crippen LogP contribution in [0.5, 0.6) is 5.75 Å². The minimum atomic E-state index is -0.344. The molecule has 0 unspecified atom stereocenters. The normalized spacial score (nSPS) is 24.6. The highest BCUT2D eigenvalue weighted by Crippen LogP contribution is 2.49. The first-order chi connectivity index (χ1) is 11.7. The molecule has 3 rings (SSSR count). The van der Waals surface area contributed by atoms with E-state index in [-0.39, 0.29) is 18.5 Å². The van der Waals surface area contributed by atoms with Crippen LogP contribution in [0.1, 0.15) is 39.0 Å². The van der Waals surface area contributed by atoms with E-state index >= 15 is 0 Å². The third-order valence-corrected chi connectivity index (χ3v) is 5.14. The average Bonchev–Trinajstić information content (AvgIpc) is 3.18. The van der Waals surface area contributed by atoms with Crippen LogP contribution in [0.25, 0.3) is 0 Å². The van der Waals surface area contributed by atoms with Gasteiger partial charge >= 0.3 is 5.97 Å². The number of carbonyl (C=O) groups excluding carboxylic acids is 2. The number of carbonyl (C=O) groups is 2. The Morgan fingerprint density at radius 3 is 2.75 bits per heavy atom. The first-order valence-corrected chi connectivity index (χ1v) is 8.83. The second kappa shape index (κ2) is 7.69. The lowest BCUT2D eigenvalue weighted by atomic mass is 9.86. The first-order valence-electron chi connectivity index (χ1n) is 8.83. The number of amides is 1. The Morgan fingerprint density at radius 2 is 2.04 bits per heavy atom. The summed E-state index contributed by atoms with van der Waals surface area (Å²) in [5.74, 6) is 1.96. The van der Waals surface area contributed by atoms with Gasteiger partial charge in [-0.15, -0.1) is 0 Å². The molecule has 2 aliphatic rings. The highest BCUT2D eigenvalue weighted by Gasteiger charge is 2.40. The van der Waals surface area contributed by atoms with E-state index in [2.05, 4.69) is 5.32 Å². The summed E-state index contributed by atoms with van der Waals surface area (Å²) in [4.78, 5) is 24.0. The van der Waals surface area contributed by atoms with E-state index < -0.39 is 0 Å². The molecule has 2 saturated carbocycles. The van der Waals surface area contributed by atoms with Gasteiger partial charge in [0.15, 0.2) is 6.61 Å². The van der Waals surface area contributed by atoms with Crippen molar-refractivity contribution >= 4 is 17.6 Å². The number of benzene rings is 1. The molecule has 0 saturated heterocycles. The molecule has 2 bridgehead atoms. The monoisotopic (exact) mass is 331 g/mol. The van der Waals surface area contributed by atoms with Crippen LogP contribution < -0.4 is 10.1 Å². The van der Waals surface area contributed by atoms with Gasteiger partial charge in [-0.25, -0.2) is 0 Å². The SMILES string of the molecule is CCOc1ccccc1NC(=O)COC(=O)C[C@@H]1C[C@@H]2CC[C@@H]1C2. The van der Waals surface area contributed by atoms with Crippen LogP contribution in [-0.4, -0.2) is 25.1 Å². The zero-order valence-electron chi connectivity index (χ0n) is 14.1. The van der Waals surface area contributed by atoms with Gasteiger partial charge < -0.3 is 14.8 Å². The summed E-state index contributed by atoms with van der Waals surface area (Å²) < 4.78 is 10.6. The third kappa shape index (κ3) is 4.08. The predicted molar refractivity (Wildman–Crippen MR) is 90.8 cm³/mol. The fourth-order valence-corrected chi connectivity index (χ4v) is 4.08. The molecule has 3 atom stereocenters. The van der Waals surface area contributed by atoms with Crippen LogP contribution in [0.3, 0.4) is 0 Å². The maximum Gasteiger partial charge on any atom is 0.306 e. The van der Waals surface area contributed by atoms with Crippen LogP contribution in [0.4, 0.5) is 5.69 Å². The van der Waals surface area contributed by atoms with Crippen LogP contribution in [0.2, 0.25) is 0 Å². The quantitative estimate of drug-likeness (QED) is 0.778. The standard InChI is InChI=1S/C19H25NO4/c1-2-23-17-6-4-3-5-16(17)20-18(21)12-24-19(22)11-15-10-13-7-8-14(15)9-13/h3-6,13-15H,2,7-12H2,1H3,(H,20,21)/t13-,14-,15+/m1/s1. The van der Waals surface area contributed by atoms with Gasteiger partial charge in [0.2, 0.25) is 0 Å². The van der Waals surface area contributed by atoms with Gasteiger partial charge in [-0.3, -0.25) is 9.59 Å². The summed E-state index contributed by atoms with van der Waals surface area (Å²) in [6.45, 7) is 2.15. The largest absolute Gasteiger partial charge is 0.492 e. The van der Waals surface area contributed by atoms with Crippen molar-refractivity contribution in [2.45, 2.75) is 39.0 Å². The predicted octanol–water partition coefficient (Wildman–Crippen LogP) is 3.39. The lowest BCUT2D eigenvalue weighted by Gasteiger charge is -2.20. The van der Waals surface area contributed by atoms with Crippen molar-refractivity contribution in [1.29, 1.82) is 0 Å². The minimum Gasteiger partial charge on any atom is -0.492 e. The molecule has 2 aliphatic carbocycles. The Labute approximate surface area is 142 Å². The molecule has 24 heavy (non-hydrogen) atoms. The van der Waals surface area contributed by atoms with Crippen molar-refractivity contribution in [2.24, 2.45) is 17.8 Å². The van der Waals surface area contributed by atoms with Gasteiger partial charge in [0, 0.05) is 6.42 Å². The molecule has 1 amide bonds. The molecule has 5 heteroatoms. The fraction of sp³-hybridized carbons (Fsp3) is 0.579. The van der Waals surface area contributed by atoms with Gasteiger partial charge in [0.05, 0.1) is 12.3 Å². The maximum atomic E-state index is 12.0. The van der Waals surface area contributed by atoms with Gasteiger partial charge in [0.25, 0.3) is 5.91 Å². The first kappa shape index (κ1) is 16.8. The molecule has 130 valence electrons. The van der Waals surface area contributed by atoms with Gasteiger partial charge in [0.1, 0.15) is 5.75 Å². The zero-order chi connectivity index (χ0) is 16.9. The summed E-state index contributed by atoms with van der Waals surface area (Å²) in [6.07, 6.45) is 5.43. The second-order valence-electron chi connectivity index (χ2n) is 6.78. The van der Waals surface area contributed by atoms with E-state index in [0.717, 1.165) is 12.3 Å². The lowest BCUT2D eigenvalue weighted by Crippen LogP contribution is -2.23. The number of anilines is 1. The maximum absolute atomic E-state index is 12.0. The smallest absolute Gasteiger partial charge is 0.306 e. The number of hydrogen-bond donors (Lipinski definition) is 1. The van der Waals surface area contributed by atoms with E-state index in [0.29, 0.717) is 36.3 Å². The number of fused-ring (bicyclic) bond motifs is 2. The number of rotatable bonds is 7. The van der Waals surface area contributed by atoms with Crippen LogP contribution >= 0.6 is 0 Å². The van der Waals surface area contributed by atoms with Gasteiger partial charge in [-0.05, 0) is 56.1 Å². The van der Waals surface area contributed by atoms with Crippen LogP contribution in [-0.2, 0) is 14.3 Å². The van der Waals surface area contributed by atoms with Crippen LogP contribution in [0.15, 0.2) is 24.3 Å². The van der Waals surface area contributed by atoms with Gasteiger partial charge in [-0.1, -0.05) is 18.6 Å². The lowest BCUT2D eigenvalue weighted by molar-refractivity contribution is -0.148. The summed E-state index contributed by atoms with van der Waals surface area (Å²) in [5.41, 5.74) is 0.591. The van der Waals surface area contributed by atoms with Crippen LogP contribution in [0, 0.1) is 17.8 Å². The highest BCUT2D eigenvalue weighted by molar-refractivity contribution is 5.94. The van der Waals surface area contributed by atoms with E-state index in [1.807, 2.05) is 19.1 Å². The van der Waals surface area contributed by atoms with Crippen molar-refractivity contribution in [3.05, 3.63) is 24.3 Å². The Balaban J connectivity index is 1.43. The molecular formula is C19H25NO4. The fourth-order valence-electron chi connectivity index (χ4n) is 4.08. The molecule has 1 N–H and O–H groups in total. The van der Waals surface area contributed by atoms with Gasteiger partial charge in [-0.2, -0.15) is 0 Å². The molecule has 0 aromatic heterocycles. The third-order valence-electron chi connectivity index (χ3n) is 5.14. The summed E-state index contributed by atoms with van der Waals surface area (Å²) in [5, 5.41) is 2.73. The molecule has 2 fully saturated rings. The van der Waals surface area contributed by atoms with E-state index in [1.54, 1.807) is 12.1 Å². The highest BCUT2D eigenvalue weighted by atomic mass is 16.5. The minimum absolute atomic E-state index is 0.250. The summed E-state index contributed by atoms with van der Waals surface area (Å²) in [7, 11) is 0. The molecule has 0 aliphatic heterocycles. The summed E-state index contributed by atoms with van der Waals surface area (Å²) in [6, 6.07) is 7.22. The van der Waals surface area contributed by atoms with Crippen molar-refractivity contribution in [2.75, 3.05) is 18.5 Å². The Bertz CT molecular complexity index is 601. The van der Waals surface area contributed by atoms with E-state index in [9.17, 15) is 9.59 Å². The van der Waals surface area contributed by atoms with E-state index in [4.69, 9.17) is 9.47 Å². The zero-order valence-corrected chi connectivity index (χ0v) is 14.1. The molecule has 1 aromatic carbocycles. The second-order valence-corrected chi connectivity index (χ2v) is 6.78. The number of ether oxygens (including phenoxy) is 2. The number of esters is 1. The molecule has 0 spiro atoms. The summed E-state index contributed by atoms with van der Waals surface area (Å²) >= 11 is 0. The number of nitrogens with one attached hydrogen (secondary N) is 1. The van der Waals surface area contributed by atoms with Crippen molar-refractivity contribution in [3.63, 3.8) is 0 Å². The Hall–Kier alpha value is -2.04. The molecule has 0 radical (unpaired) electrons. The Kier molecular flexibility index (Phi) is 5.38. The molecule has 0 heterocycles. The number of para-hydroxylation sites is 2. The van der Waals surface area contributed by atoms with Crippen molar-refractivity contribution in [3.8, 4) is 5.75 Å². The molecule has 5 nitrogen and oxygen atoms in total. The molecule has 1 aromatic rings. The average molecular weight is 331 g/mol. The number of hydrogen-bond acceptors (Lipinski definition) is 4. The van der Waals surface area contributed by atoms with Crippen molar-refractivity contribution < 1.29 is 19.1 Å². The Morgan fingerprint density at radius 1 is 1.21 bits per heavy atom. The van der Waals surface area contributed by atoms with Crippen molar-refractivity contribution in [1.82, 2.24) is 0 Å². The molecular weight excluding hydrogens is 306 g/mol.